The maximum absolute atomic E-state index is 12.5. The summed E-state index contributed by atoms with van der Waals surface area (Å²) in [5.41, 5.74) is 4.30. The minimum atomic E-state index is -1.75. The van der Waals surface area contributed by atoms with Crippen molar-refractivity contribution in [1.29, 1.82) is 0 Å². The summed E-state index contributed by atoms with van der Waals surface area (Å²) in [6.45, 7) is 13.7. The number of hydrogen-bond acceptors (Lipinski definition) is 2. The van der Waals surface area contributed by atoms with Gasteiger partial charge in [0.1, 0.15) is 5.78 Å². The second kappa shape index (κ2) is 7.11. The third-order valence-corrected chi connectivity index (χ3v) is 13.2. The Hall–Kier alpha value is -1.35. The molecule has 1 aromatic carbocycles. The molecule has 3 aliphatic rings. The molecule has 0 N–H and O–H groups in total. The summed E-state index contributed by atoms with van der Waals surface area (Å²) in [5.74, 6) is 2.51. The monoisotopic (exact) mass is 410 g/mol. The molecule has 0 spiro atoms. The van der Waals surface area contributed by atoms with Gasteiger partial charge in [0.15, 0.2) is 0 Å². The maximum Gasteiger partial charge on any atom is 0.249 e. The number of ketones is 1. The average molecular weight is 411 g/mol. The molecule has 158 valence electrons. The van der Waals surface area contributed by atoms with E-state index in [4.69, 9.17) is 4.43 Å². The summed E-state index contributed by atoms with van der Waals surface area (Å²) >= 11 is 0. The molecule has 0 aliphatic heterocycles. The van der Waals surface area contributed by atoms with E-state index in [1.807, 2.05) is 6.26 Å². The van der Waals surface area contributed by atoms with Gasteiger partial charge < -0.3 is 4.43 Å². The lowest BCUT2D eigenvalue weighted by Gasteiger charge is -2.48. The summed E-state index contributed by atoms with van der Waals surface area (Å²) in [5, 5.41) is 0.222. The van der Waals surface area contributed by atoms with Crippen LogP contribution in [-0.4, -0.2) is 14.1 Å². The second-order valence-corrected chi connectivity index (χ2v) is 16.2. The van der Waals surface area contributed by atoms with Crippen molar-refractivity contribution in [3.63, 3.8) is 0 Å². The summed E-state index contributed by atoms with van der Waals surface area (Å²) in [4.78, 5) is 12.5. The molecule has 4 atom stereocenters. The lowest BCUT2D eigenvalue weighted by atomic mass is 9.55. The Labute approximate surface area is 178 Å². The number of benzene rings is 1. The zero-order valence-electron chi connectivity index (χ0n) is 19.2. The Morgan fingerprint density at radius 2 is 1.90 bits per heavy atom. The molecule has 29 heavy (non-hydrogen) atoms. The number of carbonyl (C=O) groups excluding carboxylic acids is 1. The van der Waals surface area contributed by atoms with Crippen LogP contribution in [0.3, 0.4) is 0 Å². The molecule has 0 bridgehead atoms. The molecule has 4 rings (SSSR count). The van der Waals surface area contributed by atoms with E-state index in [1.54, 1.807) is 5.56 Å². The molecule has 3 heteroatoms. The fourth-order valence-corrected chi connectivity index (χ4v) is 6.70. The van der Waals surface area contributed by atoms with Gasteiger partial charge in [-0.05, 0) is 90.8 Å². The highest BCUT2D eigenvalue weighted by atomic mass is 28.4. The van der Waals surface area contributed by atoms with Crippen LogP contribution < -0.4 is 0 Å². The van der Waals surface area contributed by atoms with Gasteiger partial charge in [0.25, 0.3) is 0 Å². The number of Topliss-reactive ketones (excluding diaryl/α,β-unsaturated/α-hetero) is 1. The van der Waals surface area contributed by atoms with Crippen LogP contribution in [0.1, 0.15) is 82.4 Å². The van der Waals surface area contributed by atoms with Crippen LogP contribution in [0, 0.1) is 17.3 Å². The smallest absolute Gasteiger partial charge is 0.249 e. The Kier molecular flexibility index (Phi) is 5.13. The predicted molar refractivity (Wildman–Crippen MR) is 123 cm³/mol. The van der Waals surface area contributed by atoms with Gasteiger partial charge in [0.2, 0.25) is 8.32 Å². The van der Waals surface area contributed by atoms with E-state index in [0.717, 1.165) is 25.7 Å². The molecule has 0 aromatic heterocycles. The summed E-state index contributed by atoms with van der Waals surface area (Å²) in [6.07, 6.45) is 10.7. The summed E-state index contributed by atoms with van der Waals surface area (Å²) < 4.78 is 6.22. The molecule has 0 unspecified atom stereocenters. The fraction of sp³-hybridized carbons (Fsp3) is 0.654. The molecule has 1 aromatic rings. The van der Waals surface area contributed by atoms with E-state index in [0.29, 0.717) is 23.5 Å². The maximum atomic E-state index is 12.5. The molecule has 2 saturated carbocycles. The van der Waals surface area contributed by atoms with Crippen molar-refractivity contribution in [2.75, 3.05) is 0 Å². The normalized spacial score (nSPS) is 32.1. The van der Waals surface area contributed by atoms with Crippen LogP contribution in [0.2, 0.25) is 18.1 Å². The van der Waals surface area contributed by atoms with Crippen molar-refractivity contribution in [2.45, 2.75) is 90.3 Å². The van der Waals surface area contributed by atoms with Gasteiger partial charge in [-0.15, -0.1) is 0 Å². The van der Waals surface area contributed by atoms with Gasteiger partial charge in [0.05, 0.1) is 6.26 Å². The molecule has 3 aliphatic carbocycles. The molecular weight excluding hydrogens is 372 g/mol. The lowest BCUT2D eigenvalue weighted by Crippen LogP contribution is -2.42. The van der Waals surface area contributed by atoms with Gasteiger partial charge in [-0.1, -0.05) is 45.9 Å². The first-order valence-corrected chi connectivity index (χ1v) is 14.4. The van der Waals surface area contributed by atoms with E-state index in [2.05, 4.69) is 65.1 Å². The zero-order valence-corrected chi connectivity index (χ0v) is 20.2. The van der Waals surface area contributed by atoms with Gasteiger partial charge in [0, 0.05) is 11.8 Å². The fourth-order valence-electron chi connectivity index (χ4n) is 5.94. The molecule has 0 saturated heterocycles. The molecule has 2 fully saturated rings. The zero-order chi connectivity index (χ0) is 21.0. The van der Waals surface area contributed by atoms with Gasteiger partial charge in [-0.2, -0.15) is 0 Å². The third-order valence-electron chi connectivity index (χ3n) is 8.89. The summed E-state index contributed by atoms with van der Waals surface area (Å²) in [7, 11) is -1.75. The lowest BCUT2D eigenvalue weighted by molar-refractivity contribution is -0.129. The van der Waals surface area contributed by atoms with E-state index in [9.17, 15) is 4.79 Å². The van der Waals surface area contributed by atoms with Crippen molar-refractivity contribution in [1.82, 2.24) is 0 Å². The number of fused-ring (bicyclic) bond motifs is 5. The van der Waals surface area contributed by atoms with Crippen molar-refractivity contribution in [2.24, 2.45) is 17.3 Å². The molecule has 2 nitrogen and oxygen atoms in total. The van der Waals surface area contributed by atoms with Crippen molar-refractivity contribution < 1.29 is 9.22 Å². The minimum absolute atomic E-state index is 0.0254. The van der Waals surface area contributed by atoms with Crippen LogP contribution >= 0.6 is 0 Å². The van der Waals surface area contributed by atoms with Crippen LogP contribution in [-0.2, 0) is 15.6 Å². The first kappa shape index (κ1) is 20.9. The molecule has 0 radical (unpaired) electrons. The van der Waals surface area contributed by atoms with E-state index < -0.39 is 8.32 Å². The number of aryl methyl sites for hydroxylation is 1. The first-order valence-electron chi connectivity index (χ1n) is 11.5. The van der Waals surface area contributed by atoms with E-state index in [-0.39, 0.29) is 10.5 Å². The Morgan fingerprint density at radius 3 is 2.62 bits per heavy atom. The van der Waals surface area contributed by atoms with Crippen molar-refractivity contribution in [3.05, 3.63) is 41.2 Å². The van der Waals surface area contributed by atoms with Crippen LogP contribution in [0.15, 0.2) is 24.5 Å². The number of rotatable bonds is 3. The third kappa shape index (κ3) is 3.54. The van der Waals surface area contributed by atoms with E-state index in [1.165, 1.54) is 24.0 Å². The topological polar surface area (TPSA) is 26.3 Å². The highest BCUT2D eigenvalue weighted by Crippen LogP contribution is 2.59. The van der Waals surface area contributed by atoms with Crippen LogP contribution in [0.25, 0.3) is 6.08 Å². The van der Waals surface area contributed by atoms with Gasteiger partial charge in [-0.25, -0.2) is 0 Å². The Morgan fingerprint density at radius 1 is 1.14 bits per heavy atom. The Balaban J connectivity index is 1.51. The number of carbonyl (C=O) groups is 1. The second-order valence-electron chi connectivity index (χ2n) is 11.5. The minimum Gasteiger partial charge on any atom is -0.549 e. The Bertz CT molecular complexity index is 832. The number of hydrogen-bond donors (Lipinski definition) is 0. The molecule has 0 heterocycles. The highest BCUT2D eigenvalue weighted by Gasteiger charge is 2.54. The molecular formula is C26H38O2Si. The largest absolute Gasteiger partial charge is 0.549 e. The predicted octanol–water partition coefficient (Wildman–Crippen LogP) is 7.10. The van der Waals surface area contributed by atoms with Crippen LogP contribution in [0.5, 0.6) is 0 Å². The van der Waals surface area contributed by atoms with Gasteiger partial charge >= 0.3 is 0 Å². The standard InChI is InChI=1S/C26H38O2Si/c1-25(2,3)29(5,6)28-16-14-18-7-9-20-19(17-18)8-10-22-21(20)13-15-26(4)23(22)11-12-24(26)27/h7,9,14,16-17,21-23H,8,10-13,15H2,1-6H3/t21-,22-,23+,26+/m1/s1. The van der Waals surface area contributed by atoms with Crippen LogP contribution in [0.4, 0.5) is 0 Å². The first-order chi connectivity index (χ1) is 13.5. The van der Waals surface area contributed by atoms with Gasteiger partial charge in [-0.3, -0.25) is 4.79 Å². The SMILES string of the molecule is CC(C)(C)[Si](C)(C)OC=Cc1ccc2c(c1)CC[C@@H]1[C@@H]2CC[C@]2(C)C(=O)CC[C@@H]12. The molecule has 0 amide bonds. The average Bonchev–Trinajstić information content (AvgIpc) is 2.95. The quantitative estimate of drug-likeness (QED) is 0.392. The summed E-state index contributed by atoms with van der Waals surface area (Å²) in [6, 6.07) is 7.02. The highest BCUT2D eigenvalue weighted by molar-refractivity contribution is 6.74. The van der Waals surface area contributed by atoms with Crippen molar-refractivity contribution in [3.8, 4) is 0 Å². The van der Waals surface area contributed by atoms with E-state index >= 15 is 0 Å². The van der Waals surface area contributed by atoms with Crippen molar-refractivity contribution >= 4 is 20.2 Å².